The van der Waals surface area contributed by atoms with Crippen molar-refractivity contribution < 1.29 is 9.13 Å². The van der Waals surface area contributed by atoms with E-state index in [1.54, 1.807) is 6.07 Å². The Bertz CT molecular complexity index is 533. The molecular formula is C15H15ClFNO. The van der Waals surface area contributed by atoms with Gasteiger partial charge in [0.05, 0.1) is 11.6 Å². The van der Waals surface area contributed by atoms with Crippen LogP contribution in [0.4, 0.5) is 10.1 Å². The molecule has 100 valence electrons. The zero-order valence-electron chi connectivity index (χ0n) is 10.6. The number of hydrogen-bond donors (Lipinski definition) is 1. The average Bonchev–Trinajstić information content (AvgIpc) is 2.42. The van der Waals surface area contributed by atoms with Gasteiger partial charge in [0, 0.05) is 11.8 Å². The van der Waals surface area contributed by atoms with Crippen LogP contribution in [0.1, 0.15) is 6.92 Å². The molecule has 0 aliphatic heterocycles. The van der Waals surface area contributed by atoms with Crippen LogP contribution < -0.4 is 10.1 Å². The van der Waals surface area contributed by atoms with E-state index in [0.717, 1.165) is 5.69 Å². The van der Waals surface area contributed by atoms with Crippen LogP contribution in [0.2, 0.25) is 5.02 Å². The first-order valence-corrected chi connectivity index (χ1v) is 6.43. The first kappa shape index (κ1) is 13.7. The normalized spacial score (nSPS) is 11.9. The lowest BCUT2D eigenvalue weighted by Gasteiger charge is -2.16. The molecule has 0 bridgehead atoms. The minimum atomic E-state index is -0.441. The summed E-state index contributed by atoms with van der Waals surface area (Å²) in [6.45, 7) is 2.59. The van der Waals surface area contributed by atoms with Crippen molar-refractivity contribution in [3.05, 3.63) is 59.4 Å². The van der Waals surface area contributed by atoms with Crippen molar-refractivity contribution in [1.82, 2.24) is 0 Å². The molecule has 2 rings (SSSR count). The Morgan fingerprint density at radius 1 is 1.21 bits per heavy atom. The quantitative estimate of drug-likeness (QED) is 0.878. The van der Waals surface area contributed by atoms with E-state index in [4.69, 9.17) is 16.3 Å². The van der Waals surface area contributed by atoms with Gasteiger partial charge in [0.15, 0.2) is 0 Å². The lowest BCUT2D eigenvalue weighted by molar-refractivity contribution is 0.234. The first-order chi connectivity index (χ1) is 9.15. The van der Waals surface area contributed by atoms with Gasteiger partial charge in [0.1, 0.15) is 17.7 Å². The van der Waals surface area contributed by atoms with Crippen LogP contribution in [-0.2, 0) is 0 Å². The second-order valence-electron chi connectivity index (χ2n) is 4.25. The Hall–Kier alpha value is -1.74. The second kappa shape index (κ2) is 6.43. The van der Waals surface area contributed by atoms with E-state index in [9.17, 15) is 4.39 Å². The van der Waals surface area contributed by atoms with Crippen LogP contribution in [0, 0.1) is 5.82 Å². The fourth-order valence-corrected chi connectivity index (χ4v) is 1.81. The Balaban J connectivity index is 1.87. The van der Waals surface area contributed by atoms with E-state index in [-0.39, 0.29) is 11.1 Å². The number of para-hydroxylation sites is 1. The number of nitrogens with one attached hydrogen (secondary N) is 1. The van der Waals surface area contributed by atoms with Crippen LogP contribution in [0.5, 0.6) is 5.75 Å². The van der Waals surface area contributed by atoms with Gasteiger partial charge in [-0.05, 0) is 31.2 Å². The van der Waals surface area contributed by atoms with Crippen LogP contribution >= 0.6 is 11.6 Å². The fourth-order valence-electron chi connectivity index (χ4n) is 1.64. The number of ether oxygens (including phenoxy) is 1. The Morgan fingerprint density at radius 2 is 1.95 bits per heavy atom. The summed E-state index contributed by atoms with van der Waals surface area (Å²) in [7, 11) is 0. The predicted octanol–water partition coefficient (Wildman–Crippen LogP) is 4.36. The van der Waals surface area contributed by atoms with Gasteiger partial charge in [-0.2, -0.15) is 0 Å². The maximum atomic E-state index is 13.0. The molecule has 2 aromatic rings. The highest BCUT2D eigenvalue weighted by Crippen LogP contribution is 2.22. The van der Waals surface area contributed by atoms with Crippen LogP contribution in [0.25, 0.3) is 0 Å². The fraction of sp³-hybridized carbons (Fsp3) is 0.200. The molecule has 19 heavy (non-hydrogen) atoms. The van der Waals surface area contributed by atoms with Gasteiger partial charge in [-0.3, -0.25) is 0 Å². The number of anilines is 1. The number of hydrogen-bond acceptors (Lipinski definition) is 2. The maximum absolute atomic E-state index is 13.0. The largest absolute Gasteiger partial charge is 0.489 e. The van der Waals surface area contributed by atoms with Gasteiger partial charge in [0.25, 0.3) is 0 Å². The lowest BCUT2D eigenvalue weighted by atomic mass is 10.3. The molecule has 1 unspecified atom stereocenters. The standard InChI is InChI=1S/C15H15ClFNO/c1-11(10-18-12-5-3-2-4-6-12)19-13-7-8-15(17)14(16)9-13/h2-9,11,18H,10H2,1H3. The molecule has 0 radical (unpaired) electrons. The van der Waals surface area contributed by atoms with Crippen molar-refractivity contribution in [3.63, 3.8) is 0 Å². The van der Waals surface area contributed by atoms with Crippen molar-refractivity contribution >= 4 is 17.3 Å². The van der Waals surface area contributed by atoms with Gasteiger partial charge in [-0.15, -0.1) is 0 Å². The van der Waals surface area contributed by atoms with Gasteiger partial charge in [0.2, 0.25) is 0 Å². The summed E-state index contributed by atoms with van der Waals surface area (Å²) in [5.74, 6) is 0.123. The molecule has 0 heterocycles. The maximum Gasteiger partial charge on any atom is 0.142 e. The second-order valence-corrected chi connectivity index (χ2v) is 4.66. The van der Waals surface area contributed by atoms with Gasteiger partial charge in [-0.1, -0.05) is 29.8 Å². The Labute approximate surface area is 117 Å². The molecule has 4 heteroatoms. The van der Waals surface area contributed by atoms with Crippen molar-refractivity contribution in [2.24, 2.45) is 0 Å². The highest BCUT2D eigenvalue weighted by molar-refractivity contribution is 6.30. The van der Waals surface area contributed by atoms with E-state index in [1.807, 2.05) is 37.3 Å². The topological polar surface area (TPSA) is 21.3 Å². The van der Waals surface area contributed by atoms with Crippen LogP contribution in [-0.4, -0.2) is 12.6 Å². The molecule has 0 amide bonds. The van der Waals surface area contributed by atoms with Gasteiger partial charge < -0.3 is 10.1 Å². The third-order valence-corrected chi connectivity index (χ3v) is 2.89. The van der Waals surface area contributed by atoms with Gasteiger partial charge in [-0.25, -0.2) is 4.39 Å². The number of rotatable bonds is 5. The Morgan fingerprint density at radius 3 is 2.63 bits per heavy atom. The predicted molar refractivity (Wildman–Crippen MR) is 76.4 cm³/mol. The van der Waals surface area contributed by atoms with E-state index in [2.05, 4.69) is 5.32 Å². The molecule has 0 saturated carbocycles. The van der Waals surface area contributed by atoms with E-state index < -0.39 is 5.82 Å². The summed E-state index contributed by atoms with van der Waals surface area (Å²) in [5, 5.41) is 3.33. The molecular weight excluding hydrogens is 265 g/mol. The summed E-state index contributed by atoms with van der Waals surface area (Å²) in [6, 6.07) is 14.2. The molecule has 0 aliphatic rings. The van der Waals surface area contributed by atoms with Crippen molar-refractivity contribution in [1.29, 1.82) is 0 Å². The monoisotopic (exact) mass is 279 g/mol. The Kier molecular flexibility index (Phi) is 4.63. The van der Waals surface area contributed by atoms with E-state index in [0.29, 0.717) is 12.3 Å². The summed E-state index contributed by atoms with van der Waals surface area (Å²) in [5.41, 5.74) is 1.04. The summed E-state index contributed by atoms with van der Waals surface area (Å²) in [4.78, 5) is 0. The summed E-state index contributed by atoms with van der Waals surface area (Å²) in [6.07, 6.45) is -0.0539. The molecule has 0 spiro atoms. The van der Waals surface area contributed by atoms with Crippen molar-refractivity contribution in [2.45, 2.75) is 13.0 Å². The molecule has 0 saturated heterocycles. The van der Waals surface area contributed by atoms with E-state index in [1.165, 1.54) is 12.1 Å². The molecule has 2 nitrogen and oxygen atoms in total. The highest BCUT2D eigenvalue weighted by Gasteiger charge is 2.06. The lowest BCUT2D eigenvalue weighted by Crippen LogP contribution is -2.22. The zero-order chi connectivity index (χ0) is 13.7. The molecule has 1 N–H and O–H groups in total. The molecule has 2 aromatic carbocycles. The third-order valence-electron chi connectivity index (χ3n) is 2.60. The summed E-state index contributed by atoms with van der Waals surface area (Å²) < 4.78 is 18.7. The minimum absolute atomic E-state index is 0.0539. The smallest absolute Gasteiger partial charge is 0.142 e. The van der Waals surface area contributed by atoms with Crippen molar-refractivity contribution in [2.75, 3.05) is 11.9 Å². The van der Waals surface area contributed by atoms with Crippen molar-refractivity contribution in [3.8, 4) is 5.75 Å². The van der Waals surface area contributed by atoms with Crippen LogP contribution in [0.3, 0.4) is 0 Å². The van der Waals surface area contributed by atoms with Crippen LogP contribution in [0.15, 0.2) is 48.5 Å². The zero-order valence-corrected chi connectivity index (χ0v) is 11.3. The summed E-state index contributed by atoms with van der Waals surface area (Å²) >= 11 is 5.70. The van der Waals surface area contributed by atoms with Gasteiger partial charge >= 0.3 is 0 Å². The average molecular weight is 280 g/mol. The third kappa shape index (κ3) is 4.14. The highest BCUT2D eigenvalue weighted by atomic mass is 35.5. The molecule has 0 fully saturated rings. The molecule has 1 atom stereocenters. The minimum Gasteiger partial charge on any atom is -0.489 e. The molecule has 0 aromatic heterocycles. The molecule has 0 aliphatic carbocycles. The first-order valence-electron chi connectivity index (χ1n) is 6.06. The number of benzene rings is 2. The van der Waals surface area contributed by atoms with E-state index >= 15 is 0 Å². The number of halogens is 2. The SMILES string of the molecule is CC(CNc1ccccc1)Oc1ccc(F)c(Cl)c1.